The maximum absolute atomic E-state index is 13.6. The van der Waals surface area contributed by atoms with E-state index in [4.69, 9.17) is 0 Å². The van der Waals surface area contributed by atoms with Crippen LogP contribution in [0.15, 0.2) is 34.9 Å². The van der Waals surface area contributed by atoms with Gasteiger partial charge in [-0.05, 0) is 41.1 Å². The van der Waals surface area contributed by atoms with Crippen molar-refractivity contribution < 1.29 is 13.2 Å². The molecular formula is C13H10BrF3N2. The zero-order valence-corrected chi connectivity index (χ0v) is 11.5. The Morgan fingerprint density at radius 3 is 2.53 bits per heavy atom. The van der Waals surface area contributed by atoms with Gasteiger partial charge in [-0.3, -0.25) is 4.98 Å². The molecule has 1 N–H and O–H groups in total. The quantitative estimate of drug-likeness (QED) is 0.842. The van der Waals surface area contributed by atoms with E-state index in [1.54, 1.807) is 6.92 Å². The zero-order chi connectivity index (χ0) is 14.0. The molecule has 19 heavy (non-hydrogen) atoms. The first-order valence-corrected chi connectivity index (χ1v) is 6.29. The van der Waals surface area contributed by atoms with Crippen LogP contribution in [0.1, 0.15) is 18.7 Å². The van der Waals surface area contributed by atoms with Crippen LogP contribution in [-0.4, -0.2) is 4.98 Å². The predicted octanol–water partition coefficient (Wildman–Crippen LogP) is 4.43. The van der Waals surface area contributed by atoms with Gasteiger partial charge in [-0.1, -0.05) is 0 Å². The standard InChI is InChI=1S/C13H10BrF3N2/c1-7(12-3-2-8(15)6-18-12)19-13-5-10(16)9(14)4-11(13)17/h2-7,19H,1H3. The predicted molar refractivity (Wildman–Crippen MR) is 70.3 cm³/mol. The Kier molecular flexibility index (Phi) is 4.09. The second kappa shape index (κ2) is 5.61. The summed E-state index contributed by atoms with van der Waals surface area (Å²) in [5.74, 6) is -1.60. The number of hydrogen-bond acceptors (Lipinski definition) is 2. The van der Waals surface area contributed by atoms with E-state index in [1.165, 1.54) is 12.1 Å². The summed E-state index contributed by atoms with van der Waals surface area (Å²) >= 11 is 2.90. The molecule has 100 valence electrons. The van der Waals surface area contributed by atoms with Crippen molar-refractivity contribution in [2.45, 2.75) is 13.0 Å². The molecule has 0 spiro atoms. The van der Waals surface area contributed by atoms with Crippen molar-refractivity contribution in [1.29, 1.82) is 0 Å². The molecule has 0 amide bonds. The van der Waals surface area contributed by atoms with Gasteiger partial charge in [0.25, 0.3) is 0 Å². The number of halogens is 4. The highest BCUT2D eigenvalue weighted by molar-refractivity contribution is 9.10. The molecule has 0 aliphatic heterocycles. The molecule has 0 aliphatic rings. The number of pyridine rings is 1. The van der Waals surface area contributed by atoms with Crippen molar-refractivity contribution in [3.05, 3.63) is 58.1 Å². The number of hydrogen-bond donors (Lipinski definition) is 1. The van der Waals surface area contributed by atoms with Crippen LogP contribution in [0.3, 0.4) is 0 Å². The van der Waals surface area contributed by atoms with E-state index in [9.17, 15) is 13.2 Å². The van der Waals surface area contributed by atoms with Gasteiger partial charge in [0.05, 0.1) is 28.1 Å². The molecule has 0 aliphatic carbocycles. The van der Waals surface area contributed by atoms with E-state index in [0.717, 1.165) is 18.3 Å². The molecule has 1 atom stereocenters. The number of aromatic nitrogens is 1. The fourth-order valence-electron chi connectivity index (χ4n) is 1.58. The highest BCUT2D eigenvalue weighted by Gasteiger charge is 2.12. The summed E-state index contributed by atoms with van der Waals surface area (Å²) in [5.41, 5.74) is 0.559. The molecule has 1 heterocycles. The Bertz CT molecular complexity index is 587. The SMILES string of the molecule is CC(Nc1cc(F)c(Br)cc1F)c1ccc(F)cn1. The lowest BCUT2D eigenvalue weighted by molar-refractivity contribution is 0.594. The third-order valence-corrected chi connectivity index (χ3v) is 3.18. The average molecular weight is 331 g/mol. The van der Waals surface area contributed by atoms with Crippen LogP contribution >= 0.6 is 15.9 Å². The molecule has 1 aromatic heterocycles. The second-order valence-electron chi connectivity index (χ2n) is 4.01. The third kappa shape index (κ3) is 3.26. The summed E-state index contributed by atoms with van der Waals surface area (Å²) in [6.07, 6.45) is 1.08. The van der Waals surface area contributed by atoms with Gasteiger partial charge in [-0.15, -0.1) is 0 Å². The molecule has 0 saturated heterocycles. The lowest BCUT2D eigenvalue weighted by Crippen LogP contribution is -2.10. The van der Waals surface area contributed by atoms with Crippen molar-refractivity contribution in [1.82, 2.24) is 4.98 Å². The second-order valence-corrected chi connectivity index (χ2v) is 4.87. The minimum absolute atomic E-state index is 0.0272. The van der Waals surface area contributed by atoms with Gasteiger partial charge in [0.15, 0.2) is 0 Å². The fraction of sp³-hybridized carbons (Fsp3) is 0.154. The normalized spacial score (nSPS) is 12.3. The summed E-state index contributed by atoms with van der Waals surface area (Å²) < 4.78 is 39.8. The first-order valence-electron chi connectivity index (χ1n) is 5.50. The summed E-state index contributed by atoms with van der Waals surface area (Å²) in [6, 6.07) is 4.47. The smallest absolute Gasteiger partial charge is 0.147 e. The van der Waals surface area contributed by atoms with E-state index in [-0.39, 0.29) is 16.2 Å². The number of benzene rings is 1. The van der Waals surface area contributed by atoms with Crippen LogP contribution in [0, 0.1) is 17.5 Å². The molecular weight excluding hydrogens is 321 g/mol. The van der Waals surface area contributed by atoms with E-state index >= 15 is 0 Å². The number of anilines is 1. The lowest BCUT2D eigenvalue weighted by atomic mass is 10.2. The van der Waals surface area contributed by atoms with Gasteiger partial charge >= 0.3 is 0 Å². The Hall–Kier alpha value is -1.56. The monoisotopic (exact) mass is 330 g/mol. The Morgan fingerprint density at radius 1 is 1.16 bits per heavy atom. The van der Waals surface area contributed by atoms with E-state index in [0.29, 0.717) is 5.69 Å². The maximum atomic E-state index is 13.6. The third-order valence-electron chi connectivity index (χ3n) is 2.58. The summed E-state index contributed by atoms with van der Waals surface area (Å²) in [5, 5.41) is 2.79. The molecule has 2 aromatic rings. The van der Waals surface area contributed by atoms with Crippen molar-refractivity contribution in [3.8, 4) is 0 Å². The van der Waals surface area contributed by atoms with Crippen LogP contribution in [0.2, 0.25) is 0 Å². The molecule has 0 fully saturated rings. The van der Waals surface area contributed by atoms with Gasteiger partial charge in [0.2, 0.25) is 0 Å². The van der Waals surface area contributed by atoms with Gasteiger partial charge in [0.1, 0.15) is 17.5 Å². The average Bonchev–Trinajstić information content (AvgIpc) is 2.36. The van der Waals surface area contributed by atoms with E-state index in [2.05, 4.69) is 26.2 Å². The van der Waals surface area contributed by atoms with Crippen LogP contribution < -0.4 is 5.32 Å². The molecule has 1 unspecified atom stereocenters. The maximum Gasteiger partial charge on any atom is 0.147 e. The molecule has 2 nitrogen and oxygen atoms in total. The lowest BCUT2D eigenvalue weighted by Gasteiger charge is -2.15. The van der Waals surface area contributed by atoms with Crippen LogP contribution in [0.4, 0.5) is 18.9 Å². The first-order chi connectivity index (χ1) is 8.97. The summed E-state index contributed by atoms with van der Waals surface area (Å²) in [6.45, 7) is 1.72. The van der Waals surface area contributed by atoms with Crippen LogP contribution in [0.25, 0.3) is 0 Å². The first kappa shape index (κ1) is 13.9. The molecule has 0 bridgehead atoms. The summed E-state index contributed by atoms with van der Waals surface area (Å²) in [7, 11) is 0. The minimum Gasteiger partial charge on any atom is -0.374 e. The molecule has 1 aromatic carbocycles. The van der Waals surface area contributed by atoms with Gasteiger partial charge in [-0.25, -0.2) is 13.2 Å². The van der Waals surface area contributed by atoms with Crippen LogP contribution in [-0.2, 0) is 0 Å². The van der Waals surface area contributed by atoms with Crippen molar-refractivity contribution in [3.63, 3.8) is 0 Å². The Morgan fingerprint density at radius 2 is 1.89 bits per heavy atom. The van der Waals surface area contributed by atoms with Crippen molar-refractivity contribution in [2.24, 2.45) is 0 Å². The van der Waals surface area contributed by atoms with Gasteiger partial charge in [0, 0.05) is 6.07 Å². The van der Waals surface area contributed by atoms with Gasteiger partial charge < -0.3 is 5.32 Å². The Balaban J connectivity index is 2.21. The van der Waals surface area contributed by atoms with E-state index in [1.807, 2.05) is 0 Å². The zero-order valence-electron chi connectivity index (χ0n) is 9.92. The van der Waals surface area contributed by atoms with Crippen molar-refractivity contribution >= 4 is 21.6 Å². The van der Waals surface area contributed by atoms with E-state index < -0.39 is 17.5 Å². The molecule has 0 saturated carbocycles. The Labute approximate surface area is 116 Å². The summed E-state index contributed by atoms with van der Waals surface area (Å²) in [4.78, 5) is 3.88. The number of nitrogens with one attached hydrogen (secondary N) is 1. The van der Waals surface area contributed by atoms with Crippen molar-refractivity contribution in [2.75, 3.05) is 5.32 Å². The van der Waals surface area contributed by atoms with Gasteiger partial charge in [-0.2, -0.15) is 0 Å². The molecule has 6 heteroatoms. The highest BCUT2D eigenvalue weighted by Crippen LogP contribution is 2.26. The highest BCUT2D eigenvalue weighted by atomic mass is 79.9. The molecule has 2 rings (SSSR count). The number of nitrogens with zero attached hydrogens (tertiary/aromatic N) is 1. The largest absolute Gasteiger partial charge is 0.374 e. The fourth-order valence-corrected chi connectivity index (χ4v) is 1.90. The minimum atomic E-state index is -0.581. The number of rotatable bonds is 3. The molecule has 0 radical (unpaired) electrons. The topological polar surface area (TPSA) is 24.9 Å². The van der Waals surface area contributed by atoms with Crippen LogP contribution in [0.5, 0.6) is 0 Å².